The summed E-state index contributed by atoms with van der Waals surface area (Å²) >= 11 is 12.9. The summed E-state index contributed by atoms with van der Waals surface area (Å²) in [6, 6.07) is 13.7. The van der Waals surface area contributed by atoms with Crippen molar-refractivity contribution in [2.24, 2.45) is 0 Å². The van der Waals surface area contributed by atoms with Crippen molar-refractivity contribution in [2.45, 2.75) is 46.8 Å². The quantitative estimate of drug-likeness (QED) is 0.229. The molecule has 0 radical (unpaired) electrons. The monoisotopic (exact) mass is 494 g/mol. The van der Waals surface area contributed by atoms with E-state index in [0.717, 1.165) is 34.5 Å². The molecular weight excluding hydrogens is 467 g/mol. The van der Waals surface area contributed by atoms with Crippen LogP contribution in [0.2, 0.25) is 10.0 Å². The lowest BCUT2D eigenvalue weighted by Crippen LogP contribution is -2.01. The van der Waals surface area contributed by atoms with Gasteiger partial charge >= 0.3 is 0 Å². The van der Waals surface area contributed by atoms with Gasteiger partial charge in [0.05, 0.1) is 15.6 Å². The van der Waals surface area contributed by atoms with Crippen LogP contribution in [-0.4, -0.2) is 9.72 Å². The lowest BCUT2D eigenvalue weighted by molar-refractivity contribution is 0.299. The molecule has 0 aliphatic carbocycles. The highest BCUT2D eigenvalue weighted by atomic mass is 35.5. The van der Waals surface area contributed by atoms with E-state index < -0.39 is 0 Å². The molecule has 0 aliphatic heterocycles. The van der Waals surface area contributed by atoms with Crippen LogP contribution in [-0.2, 0) is 13.2 Å². The molecule has 0 spiro atoms. The summed E-state index contributed by atoms with van der Waals surface area (Å²) in [5.74, 6) is 1.67. The number of hydrogen-bond acceptors (Lipinski definition) is 3. The number of rotatable bonds is 8. The predicted octanol–water partition coefficient (Wildman–Crippen LogP) is 8.83. The van der Waals surface area contributed by atoms with Crippen molar-refractivity contribution in [1.29, 1.82) is 0 Å². The van der Waals surface area contributed by atoms with Crippen LogP contribution in [0.25, 0.3) is 22.2 Å². The van der Waals surface area contributed by atoms with Gasteiger partial charge in [0.15, 0.2) is 0 Å². The fraction of sp³-hybridized carbons (Fsp3) is 0.250. The highest BCUT2D eigenvalue weighted by Gasteiger charge is 2.23. The van der Waals surface area contributed by atoms with Gasteiger partial charge < -0.3 is 13.8 Å². The smallest absolute Gasteiger partial charge is 0.146 e. The van der Waals surface area contributed by atoms with Crippen molar-refractivity contribution in [3.8, 4) is 17.0 Å². The minimum atomic E-state index is 0.135. The van der Waals surface area contributed by atoms with E-state index in [0.29, 0.717) is 27.9 Å². The largest absolute Gasteiger partial charge is 0.489 e. The molecule has 34 heavy (non-hydrogen) atoms. The average molecular weight is 495 g/mol. The Balaban J connectivity index is 1.61. The second-order valence-corrected chi connectivity index (χ2v) is 9.26. The first kappa shape index (κ1) is 24.2. The normalized spacial score (nSPS) is 12.4. The van der Waals surface area contributed by atoms with E-state index in [1.807, 2.05) is 19.1 Å². The van der Waals surface area contributed by atoms with E-state index in [-0.39, 0.29) is 5.92 Å². The standard InChI is InChI=1S/C28H28Cl2N2O2/c1-5-8-19(6-2)16-32-14-13-20-15-21(11-12-25(20)32)33-17-22-27(31-34-28(22)18(3)4)26-23(29)9-7-10-24(26)30/h5-15,18H,16-17H2,1-4H3/b8-5-,19-6+. The Bertz CT molecular complexity index is 1340. The van der Waals surface area contributed by atoms with Gasteiger partial charge in [0, 0.05) is 35.1 Å². The molecule has 0 aliphatic rings. The molecule has 0 saturated heterocycles. The first-order chi connectivity index (χ1) is 16.4. The molecule has 2 aromatic heterocycles. The number of allylic oxidation sites excluding steroid dienone is 4. The van der Waals surface area contributed by atoms with Gasteiger partial charge in [0.1, 0.15) is 23.8 Å². The van der Waals surface area contributed by atoms with Crippen molar-refractivity contribution in [1.82, 2.24) is 9.72 Å². The third-order valence-corrected chi connectivity index (χ3v) is 6.40. The maximum atomic E-state index is 6.46. The van der Waals surface area contributed by atoms with Crippen LogP contribution in [0, 0.1) is 0 Å². The second-order valence-electron chi connectivity index (χ2n) is 8.44. The zero-order valence-electron chi connectivity index (χ0n) is 19.8. The topological polar surface area (TPSA) is 40.2 Å². The summed E-state index contributed by atoms with van der Waals surface area (Å²) < 4.78 is 14.2. The van der Waals surface area contributed by atoms with Gasteiger partial charge in [0.25, 0.3) is 0 Å². The Hall–Kier alpha value is -2.95. The fourth-order valence-electron chi connectivity index (χ4n) is 4.05. The molecule has 0 saturated carbocycles. The predicted molar refractivity (Wildman–Crippen MR) is 141 cm³/mol. The van der Waals surface area contributed by atoms with Gasteiger partial charge in [-0.2, -0.15) is 0 Å². The molecule has 0 unspecified atom stereocenters. The van der Waals surface area contributed by atoms with Gasteiger partial charge in [-0.1, -0.05) is 66.5 Å². The highest BCUT2D eigenvalue weighted by molar-refractivity contribution is 6.39. The number of nitrogens with zero attached hydrogens (tertiary/aromatic N) is 2. The average Bonchev–Trinajstić information content (AvgIpc) is 3.41. The molecule has 176 valence electrons. The highest BCUT2D eigenvalue weighted by Crippen LogP contribution is 2.39. The molecule has 0 amide bonds. The number of fused-ring (bicyclic) bond motifs is 1. The maximum Gasteiger partial charge on any atom is 0.146 e. The third-order valence-electron chi connectivity index (χ3n) is 5.77. The second kappa shape index (κ2) is 10.5. The molecule has 0 bridgehead atoms. The molecule has 4 rings (SSSR count). The molecule has 4 nitrogen and oxygen atoms in total. The van der Waals surface area contributed by atoms with Gasteiger partial charge in [0.2, 0.25) is 0 Å². The van der Waals surface area contributed by atoms with Crippen LogP contribution in [0.15, 0.2) is 77.0 Å². The lowest BCUT2D eigenvalue weighted by Gasteiger charge is -2.11. The third kappa shape index (κ3) is 4.94. The Morgan fingerprint density at radius 2 is 1.88 bits per heavy atom. The molecule has 4 aromatic rings. The minimum Gasteiger partial charge on any atom is -0.489 e. The first-order valence-electron chi connectivity index (χ1n) is 11.3. The van der Waals surface area contributed by atoms with Gasteiger partial charge in [-0.3, -0.25) is 0 Å². The van der Waals surface area contributed by atoms with Crippen LogP contribution in [0.3, 0.4) is 0 Å². The van der Waals surface area contributed by atoms with Crippen LogP contribution in [0.1, 0.15) is 44.9 Å². The summed E-state index contributed by atoms with van der Waals surface area (Å²) in [5.41, 5.74) is 4.56. The van der Waals surface area contributed by atoms with Gasteiger partial charge in [-0.15, -0.1) is 0 Å². The Morgan fingerprint density at radius 3 is 2.56 bits per heavy atom. The van der Waals surface area contributed by atoms with E-state index in [1.54, 1.807) is 12.1 Å². The van der Waals surface area contributed by atoms with Gasteiger partial charge in [-0.25, -0.2) is 0 Å². The molecule has 0 atom stereocenters. The van der Waals surface area contributed by atoms with Gasteiger partial charge in [-0.05, 0) is 55.8 Å². The molecule has 0 N–H and O–H groups in total. The SMILES string of the molecule is C/C=C\C(=C/C)Cn1ccc2cc(OCc3c(-c4c(Cl)cccc4Cl)noc3C(C)C)ccc21. The van der Waals surface area contributed by atoms with Crippen LogP contribution >= 0.6 is 23.2 Å². The number of ether oxygens (including phenoxy) is 1. The Kier molecular flexibility index (Phi) is 7.50. The zero-order chi connectivity index (χ0) is 24.2. The zero-order valence-corrected chi connectivity index (χ0v) is 21.3. The molecule has 6 heteroatoms. The minimum absolute atomic E-state index is 0.135. The number of benzene rings is 2. The van der Waals surface area contributed by atoms with E-state index in [2.05, 4.69) is 73.1 Å². The summed E-state index contributed by atoms with van der Waals surface area (Å²) in [7, 11) is 0. The van der Waals surface area contributed by atoms with Crippen molar-refractivity contribution in [3.05, 3.63) is 93.8 Å². The maximum absolute atomic E-state index is 6.46. The van der Waals surface area contributed by atoms with Crippen LogP contribution in [0.4, 0.5) is 0 Å². The first-order valence-corrected chi connectivity index (χ1v) is 12.1. The van der Waals surface area contributed by atoms with E-state index in [4.69, 9.17) is 32.5 Å². The van der Waals surface area contributed by atoms with Crippen molar-refractivity contribution >= 4 is 34.1 Å². The number of aromatic nitrogens is 2. The summed E-state index contributed by atoms with van der Waals surface area (Å²) in [6.45, 7) is 9.33. The molecular formula is C28H28Cl2N2O2. The van der Waals surface area contributed by atoms with Crippen molar-refractivity contribution in [3.63, 3.8) is 0 Å². The fourth-order valence-corrected chi connectivity index (χ4v) is 4.62. The molecule has 2 aromatic carbocycles. The Morgan fingerprint density at radius 1 is 1.12 bits per heavy atom. The van der Waals surface area contributed by atoms with E-state index >= 15 is 0 Å². The van der Waals surface area contributed by atoms with Crippen LogP contribution in [0.5, 0.6) is 5.75 Å². The Labute approximate surface area is 210 Å². The van der Waals surface area contributed by atoms with E-state index in [1.165, 1.54) is 5.57 Å². The summed E-state index contributed by atoms with van der Waals surface area (Å²) in [5, 5.41) is 6.48. The lowest BCUT2D eigenvalue weighted by atomic mass is 10.0. The summed E-state index contributed by atoms with van der Waals surface area (Å²) in [4.78, 5) is 0. The molecule has 2 heterocycles. The molecule has 0 fully saturated rings. The van der Waals surface area contributed by atoms with Crippen molar-refractivity contribution < 1.29 is 9.26 Å². The number of hydrogen-bond donors (Lipinski definition) is 0. The van der Waals surface area contributed by atoms with Crippen LogP contribution < -0.4 is 4.74 Å². The summed E-state index contributed by atoms with van der Waals surface area (Å²) in [6.07, 6.45) is 8.44. The van der Waals surface area contributed by atoms with E-state index in [9.17, 15) is 0 Å². The van der Waals surface area contributed by atoms with Crippen molar-refractivity contribution in [2.75, 3.05) is 0 Å². The number of halogens is 2.